The molecule has 2 amide bonds. The molecule has 212 valence electrons. The van der Waals surface area contributed by atoms with E-state index in [4.69, 9.17) is 5.73 Å². The zero-order chi connectivity index (χ0) is 27.6. The molecule has 0 bridgehead atoms. The lowest BCUT2D eigenvalue weighted by Crippen LogP contribution is -2.61. The van der Waals surface area contributed by atoms with Crippen LogP contribution in [0.3, 0.4) is 0 Å². The lowest BCUT2D eigenvalue weighted by Gasteiger charge is -2.49. The van der Waals surface area contributed by atoms with Gasteiger partial charge in [0.05, 0.1) is 16.9 Å². The Hall–Kier alpha value is -2.22. The van der Waals surface area contributed by atoms with Crippen molar-refractivity contribution >= 4 is 11.8 Å². The summed E-state index contributed by atoms with van der Waals surface area (Å²) >= 11 is 0. The highest BCUT2D eigenvalue weighted by Crippen LogP contribution is 2.48. The topological polar surface area (TPSA) is 98.9 Å². The lowest BCUT2D eigenvalue weighted by atomic mass is 9.58. The summed E-state index contributed by atoms with van der Waals surface area (Å²) in [4.78, 5) is 31.6. The molecule has 1 aromatic rings. The minimum Gasteiger partial charge on any atom is -0.391 e. The molecule has 7 nitrogen and oxygen atoms in total. The standard InChI is InChI=1S/C31H50N4O3/c1-4-21-35(22-5-2)29(38)30(18-11-19-33-20-15-26-14-9-23-34(26)3)16-10-17-31(27(30)36,28(32)37)24-25-12-7-6-8-13-25/h6-8,10,12-13,17,26-27,33,36H,4-5,9,11,14-16,18-24H2,1-3H3,(H2,32,37)/t26?,27-,30?,31-/m1/s1. The number of amides is 2. The van der Waals surface area contributed by atoms with Gasteiger partial charge in [-0.25, -0.2) is 0 Å². The average Bonchev–Trinajstić information content (AvgIpc) is 3.32. The molecule has 0 radical (unpaired) electrons. The van der Waals surface area contributed by atoms with Gasteiger partial charge in [-0.2, -0.15) is 0 Å². The number of benzene rings is 1. The van der Waals surface area contributed by atoms with Crippen LogP contribution in [-0.4, -0.2) is 78.6 Å². The summed E-state index contributed by atoms with van der Waals surface area (Å²) in [7, 11) is 2.20. The van der Waals surface area contributed by atoms with Crippen LogP contribution in [0.2, 0.25) is 0 Å². The highest BCUT2D eigenvalue weighted by atomic mass is 16.3. The summed E-state index contributed by atoms with van der Waals surface area (Å²) < 4.78 is 0. The maximum absolute atomic E-state index is 14.3. The number of aliphatic hydroxyl groups excluding tert-OH is 1. The lowest BCUT2D eigenvalue weighted by molar-refractivity contribution is -0.162. The second kappa shape index (κ2) is 14.2. The summed E-state index contributed by atoms with van der Waals surface area (Å²) in [6.07, 6.45) is 9.73. The van der Waals surface area contributed by atoms with E-state index in [9.17, 15) is 14.7 Å². The molecule has 4 N–H and O–H groups in total. The summed E-state index contributed by atoms with van der Waals surface area (Å²) in [6.45, 7) is 8.29. The first-order valence-corrected chi connectivity index (χ1v) is 14.7. The zero-order valence-corrected chi connectivity index (χ0v) is 23.8. The Kier molecular flexibility index (Phi) is 11.4. The molecule has 0 spiro atoms. The number of likely N-dealkylation sites (tertiary alicyclic amines) is 1. The Labute approximate surface area is 229 Å². The highest BCUT2D eigenvalue weighted by molar-refractivity contribution is 5.89. The number of nitrogens with zero attached hydrogens (tertiary/aromatic N) is 2. The van der Waals surface area contributed by atoms with Gasteiger partial charge in [-0.3, -0.25) is 9.59 Å². The van der Waals surface area contributed by atoms with Crippen molar-refractivity contribution in [1.29, 1.82) is 0 Å². The van der Waals surface area contributed by atoms with E-state index in [0.717, 1.165) is 44.3 Å². The maximum Gasteiger partial charge on any atom is 0.231 e. The number of primary amides is 1. The van der Waals surface area contributed by atoms with E-state index in [1.165, 1.54) is 19.4 Å². The Balaban J connectivity index is 1.81. The highest BCUT2D eigenvalue weighted by Gasteiger charge is 2.58. The Morgan fingerprint density at radius 2 is 1.87 bits per heavy atom. The third-order valence-corrected chi connectivity index (χ3v) is 8.71. The monoisotopic (exact) mass is 526 g/mol. The van der Waals surface area contributed by atoms with Gasteiger partial charge in [-0.05, 0) is 90.0 Å². The zero-order valence-electron chi connectivity index (χ0n) is 23.8. The number of carbonyl (C=O) groups excluding carboxylic acids is 2. The first-order chi connectivity index (χ1) is 18.3. The predicted molar refractivity (Wildman–Crippen MR) is 154 cm³/mol. The fraction of sp³-hybridized carbons (Fsp3) is 0.677. The van der Waals surface area contributed by atoms with E-state index in [0.29, 0.717) is 32.0 Å². The van der Waals surface area contributed by atoms with Crippen molar-refractivity contribution in [3.05, 3.63) is 48.0 Å². The van der Waals surface area contributed by atoms with Crippen LogP contribution >= 0.6 is 0 Å². The predicted octanol–water partition coefficient (Wildman–Crippen LogP) is 3.51. The SMILES string of the molecule is CCCN(CCC)C(=O)C1(CCCNCCC2CCCN2C)CC=C[C@](Cc2ccccc2)(C(N)=O)[C@@H]1O. The molecule has 2 aliphatic rings. The number of nitrogens with one attached hydrogen (secondary N) is 1. The summed E-state index contributed by atoms with van der Waals surface area (Å²) in [5.74, 6) is -0.636. The second-order valence-electron chi connectivity index (χ2n) is 11.4. The Morgan fingerprint density at radius 3 is 2.47 bits per heavy atom. The molecule has 4 atom stereocenters. The molecule has 2 unspecified atom stereocenters. The molecule has 0 saturated carbocycles. The van der Waals surface area contributed by atoms with Crippen molar-refractivity contribution in [3.63, 3.8) is 0 Å². The van der Waals surface area contributed by atoms with Crippen molar-refractivity contribution in [2.75, 3.05) is 39.8 Å². The van der Waals surface area contributed by atoms with Crippen LogP contribution in [0.15, 0.2) is 42.5 Å². The van der Waals surface area contributed by atoms with Crippen molar-refractivity contribution in [2.45, 2.75) is 83.8 Å². The molecule has 38 heavy (non-hydrogen) atoms. The van der Waals surface area contributed by atoms with Gasteiger partial charge in [-0.15, -0.1) is 0 Å². The Bertz CT molecular complexity index is 917. The summed E-state index contributed by atoms with van der Waals surface area (Å²) in [5.41, 5.74) is 4.52. The number of hydrogen-bond donors (Lipinski definition) is 3. The molecule has 1 heterocycles. The van der Waals surface area contributed by atoms with Crippen molar-refractivity contribution in [3.8, 4) is 0 Å². The van der Waals surface area contributed by atoms with Crippen LogP contribution in [0.1, 0.15) is 70.8 Å². The molecular weight excluding hydrogens is 476 g/mol. The first-order valence-electron chi connectivity index (χ1n) is 14.7. The van der Waals surface area contributed by atoms with E-state index >= 15 is 0 Å². The van der Waals surface area contributed by atoms with Gasteiger partial charge in [-0.1, -0.05) is 56.3 Å². The number of hydrogen-bond acceptors (Lipinski definition) is 5. The third-order valence-electron chi connectivity index (χ3n) is 8.71. The molecule has 7 heteroatoms. The van der Waals surface area contributed by atoms with Crippen LogP contribution in [-0.2, 0) is 16.0 Å². The smallest absolute Gasteiger partial charge is 0.231 e. The van der Waals surface area contributed by atoms with Gasteiger partial charge < -0.3 is 26.0 Å². The summed E-state index contributed by atoms with van der Waals surface area (Å²) in [6, 6.07) is 10.3. The molecular formula is C31H50N4O3. The number of aliphatic hydroxyl groups is 1. The number of nitrogens with two attached hydrogens (primary N) is 1. The molecule has 1 fully saturated rings. The molecule has 1 aromatic carbocycles. The van der Waals surface area contributed by atoms with E-state index in [1.54, 1.807) is 6.08 Å². The van der Waals surface area contributed by atoms with Gasteiger partial charge in [0.1, 0.15) is 0 Å². The third kappa shape index (κ3) is 6.85. The fourth-order valence-corrected chi connectivity index (χ4v) is 6.55. The van der Waals surface area contributed by atoms with Crippen molar-refractivity contribution in [1.82, 2.24) is 15.1 Å². The number of allylic oxidation sites excluding steroid dienone is 1. The quantitative estimate of drug-likeness (QED) is 0.240. The van der Waals surface area contributed by atoms with E-state index < -0.39 is 22.8 Å². The Morgan fingerprint density at radius 1 is 1.16 bits per heavy atom. The van der Waals surface area contributed by atoms with Gasteiger partial charge in [0.25, 0.3) is 0 Å². The van der Waals surface area contributed by atoms with Gasteiger partial charge in [0.2, 0.25) is 11.8 Å². The minimum atomic E-state index is -1.33. The van der Waals surface area contributed by atoms with Crippen LogP contribution in [0.5, 0.6) is 0 Å². The van der Waals surface area contributed by atoms with Gasteiger partial charge in [0.15, 0.2) is 0 Å². The maximum atomic E-state index is 14.3. The first kappa shape index (κ1) is 30.3. The summed E-state index contributed by atoms with van der Waals surface area (Å²) in [5, 5.41) is 15.6. The van der Waals surface area contributed by atoms with E-state index in [2.05, 4.69) is 31.1 Å². The largest absolute Gasteiger partial charge is 0.391 e. The van der Waals surface area contributed by atoms with Crippen LogP contribution in [0, 0.1) is 10.8 Å². The van der Waals surface area contributed by atoms with E-state index in [-0.39, 0.29) is 12.3 Å². The molecule has 1 aliphatic heterocycles. The van der Waals surface area contributed by atoms with Crippen LogP contribution in [0.25, 0.3) is 0 Å². The van der Waals surface area contributed by atoms with Gasteiger partial charge >= 0.3 is 0 Å². The number of rotatable bonds is 15. The number of carbonyl (C=O) groups is 2. The van der Waals surface area contributed by atoms with Crippen molar-refractivity contribution < 1.29 is 14.7 Å². The van der Waals surface area contributed by atoms with Crippen LogP contribution in [0.4, 0.5) is 0 Å². The molecule has 3 rings (SSSR count). The second-order valence-corrected chi connectivity index (χ2v) is 11.4. The van der Waals surface area contributed by atoms with E-state index in [1.807, 2.05) is 41.3 Å². The van der Waals surface area contributed by atoms with Gasteiger partial charge in [0, 0.05) is 19.1 Å². The molecule has 1 aliphatic carbocycles. The van der Waals surface area contributed by atoms with Crippen molar-refractivity contribution in [2.24, 2.45) is 16.6 Å². The fourth-order valence-electron chi connectivity index (χ4n) is 6.55. The average molecular weight is 527 g/mol. The molecule has 0 aromatic heterocycles. The molecule has 1 saturated heterocycles. The van der Waals surface area contributed by atoms with Crippen LogP contribution < -0.4 is 11.1 Å². The minimum absolute atomic E-state index is 0.0516. The normalized spacial score (nSPS) is 27.5.